The van der Waals surface area contributed by atoms with E-state index in [0.717, 1.165) is 11.1 Å². The zero-order valence-electron chi connectivity index (χ0n) is 26.0. The first-order valence-electron chi connectivity index (χ1n) is 15.3. The van der Waals surface area contributed by atoms with Crippen molar-refractivity contribution in [3.05, 3.63) is 54.6 Å². The number of hydrogen-bond acceptors (Lipinski definition) is 7. The highest BCUT2D eigenvalue weighted by Gasteiger charge is 2.77. The Hall–Kier alpha value is -3.02. The van der Waals surface area contributed by atoms with Crippen LogP contribution in [0.4, 0.5) is 5.69 Å². The van der Waals surface area contributed by atoms with Gasteiger partial charge in [-0.1, -0.05) is 47.1 Å². The molecular weight excluding hydrogens is 630 g/mol. The minimum absolute atomic E-state index is 0.115. The smallest absolute Gasteiger partial charge is 0.312 e. The van der Waals surface area contributed by atoms with E-state index < -0.39 is 53.6 Å². The van der Waals surface area contributed by atoms with Crippen LogP contribution < -0.4 is 10.2 Å². The summed E-state index contributed by atoms with van der Waals surface area (Å²) >= 11 is 3.68. The minimum Gasteiger partial charge on any atom is -0.460 e. The van der Waals surface area contributed by atoms with Crippen LogP contribution in [0.15, 0.2) is 43.5 Å². The molecule has 10 nitrogen and oxygen atoms in total. The van der Waals surface area contributed by atoms with Crippen molar-refractivity contribution in [3.8, 4) is 0 Å². The van der Waals surface area contributed by atoms with Gasteiger partial charge in [0, 0.05) is 23.5 Å². The highest BCUT2D eigenvalue weighted by molar-refractivity contribution is 9.09. The number of nitrogens with one attached hydrogen (secondary N) is 1. The monoisotopic (exact) mass is 673 g/mol. The molecule has 240 valence electrons. The van der Waals surface area contributed by atoms with E-state index in [4.69, 9.17) is 9.47 Å². The van der Waals surface area contributed by atoms with Crippen LogP contribution in [-0.4, -0.2) is 88.1 Å². The predicted octanol–water partition coefficient (Wildman–Crippen LogP) is 3.36. The molecule has 0 saturated carbocycles. The number of carbonyl (C=O) groups excluding carboxylic acids is 4. The fourth-order valence-electron chi connectivity index (χ4n) is 6.91. The lowest BCUT2D eigenvalue weighted by molar-refractivity contribution is -0.159. The lowest BCUT2D eigenvalue weighted by atomic mass is 9.70. The molecule has 1 aromatic carbocycles. The third-order valence-corrected chi connectivity index (χ3v) is 9.87. The predicted molar refractivity (Wildman–Crippen MR) is 170 cm³/mol. The normalized spacial score (nSPS) is 28.3. The number of nitrogens with zero attached hydrogens (tertiary/aromatic N) is 2. The van der Waals surface area contributed by atoms with Crippen molar-refractivity contribution < 1.29 is 33.8 Å². The molecular formula is C33H44BrN3O7. The number of likely N-dealkylation sites (tertiary alicyclic amines) is 1. The molecule has 1 spiro atoms. The van der Waals surface area contributed by atoms with Gasteiger partial charge in [0.05, 0.1) is 37.1 Å². The summed E-state index contributed by atoms with van der Waals surface area (Å²) in [6.07, 6.45) is 3.50. The summed E-state index contributed by atoms with van der Waals surface area (Å²) in [5.74, 6) is -3.49. The summed E-state index contributed by atoms with van der Waals surface area (Å²) in [5, 5.41) is 13.1. The molecule has 3 aliphatic rings. The van der Waals surface area contributed by atoms with Crippen molar-refractivity contribution in [2.24, 2.45) is 11.8 Å². The first-order chi connectivity index (χ1) is 20.9. The fraction of sp³-hybridized carbons (Fsp3) is 0.576. The van der Waals surface area contributed by atoms with E-state index in [9.17, 15) is 24.3 Å². The standard InChI is InChI=1S/C33H44BrN3O7/c1-7-10-11-25(39)35-17-21(6)43-32(42)26-27-30(40)37(22(9-3)18-38)29(33(27)16-23(34)28(26)44-33)31(41)36(14-8-2)24-15-19(4)12-13-20(24)5/h7-8,12-13,15,21-23,26-29,38H,1-2,9-11,14,16-18H2,3-6H3,(H,35,39)/t21-,22+,23?,26+,27-,28+,29+,33-/m1/s1. The SMILES string of the molecule is C=CCCC(=O)NC[C@@H](C)OC(=O)[C@@H]1[C@H]2O[C@@]3(CC2Br)[C@H](C(=O)N(CC=C)c2cc(C)ccc2C)N([C@@H](CC)CO)C(=O)[C@@H]13. The van der Waals surface area contributed by atoms with Gasteiger partial charge in [-0.2, -0.15) is 0 Å². The molecule has 2 N–H and O–H groups in total. The average Bonchev–Trinajstić information content (AvgIpc) is 3.59. The van der Waals surface area contributed by atoms with Crippen LogP contribution in [0.3, 0.4) is 0 Å². The number of hydrogen-bond donors (Lipinski definition) is 2. The van der Waals surface area contributed by atoms with Gasteiger partial charge >= 0.3 is 5.97 Å². The number of ether oxygens (including phenoxy) is 2. The number of aliphatic hydroxyl groups is 1. The third kappa shape index (κ3) is 6.10. The molecule has 1 unspecified atom stereocenters. The maximum Gasteiger partial charge on any atom is 0.312 e. The van der Waals surface area contributed by atoms with Crippen LogP contribution in [0.2, 0.25) is 0 Å². The van der Waals surface area contributed by atoms with Gasteiger partial charge in [0.15, 0.2) is 0 Å². The Bertz CT molecular complexity index is 1300. The first kappa shape index (κ1) is 33.9. The number of allylic oxidation sites excluding steroid dienone is 1. The van der Waals surface area contributed by atoms with Crippen molar-refractivity contribution >= 4 is 45.3 Å². The van der Waals surface area contributed by atoms with Gasteiger partial charge in [0.1, 0.15) is 17.7 Å². The largest absolute Gasteiger partial charge is 0.460 e. The van der Waals surface area contributed by atoms with Crippen molar-refractivity contribution in [2.45, 2.75) is 88.1 Å². The van der Waals surface area contributed by atoms with Gasteiger partial charge in [-0.3, -0.25) is 19.2 Å². The van der Waals surface area contributed by atoms with E-state index in [1.807, 2.05) is 39.0 Å². The number of carbonyl (C=O) groups is 4. The van der Waals surface area contributed by atoms with Gasteiger partial charge in [-0.15, -0.1) is 13.2 Å². The highest BCUT2D eigenvalue weighted by atomic mass is 79.9. The van der Waals surface area contributed by atoms with Crippen LogP contribution in [0.1, 0.15) is 50.7 Å². The zero-order valence-corrected chi connectivity index (χ0v) is 27.5. The number of halogens is 1. The van der Waals surface area contributed by atoms with Gasteiger partial charge < -0.3 is 29.7 Å². The van der Waals surface area contributed by atoms with Crippen LogP contribution in [0.5, 0.6) is 0 Å². The second kappa shape index (κ2) is 14.0. The number of benzene rings is 1. The lowest BCUT2D eigenvalue weighted by Gasteiger charge is -2.39. The van der Waals surface area contributed by atoms with E-state index in [1.54, 1.807) is 24.0 Å². The molecule has 0 aromatic heterocycles. The molecule has 11 heteroatoms. The fourth-order valence-corrected chi connectivity index (χ4v) is 7.86. The van der Waals surface area contributed by atoms with E-state index in [-0.39, 0.29) is 42.8 Å². The van der Waals surface area contributed by atoms with Crippen molar-refractivity contribution in [1.29, 1.82) is 0 Å². The van der Waals surface area contributed by atoms with Crippen LogP contribution in [-0.2, 0) is 28.7 Å². The minimum atomic E-state index is -1.31. The van der Waals surface area contributed by atoms with Crippen LogP contribution in [0.25, 0.3) is 0 Å². The topological polar surface area (TPSA) is 125 Å². The maximum absolute atomic E-state index is 14.7. The van der Waals surface area contributed by atoms with E-state index in [1.165, 1.54) is 4.90 Å². The number of anilines is 1. The Morgan fingerprint density at radius 1 is 1.30 bits per heavy atom. The number of alkyl halides is 1. The molecule has 3 aliphatic heterocycles. The Balaban J connectivity index is 1.69. The molecule has 3 heterocycles. The quantitative estimate of drug-likeness (QED) is 0.176. The second-order valence-corrected chi connectivity index (χ2v) is 13.2. The summed E-state index contributed by atoms with van der Waals surface area (Å²) in [4.78, 5) is 57.7. The molecule has 8 atom stereocenters. The maximum atomic E-state index is 14.7. The summed E-state index contributed by atoms with van der Waals surface area (Å²) in [6.45, 7) is 14.8. The number of aliphatic hydroxyl groups excluding tert-OH is 1. The average molecular weight is 675 g/mol. The van der Waals surface area contributed by atoms with Gasteiger partial charge in [-0.05, 0) is 57.2 Å². The Kier molecular flexibility index (Phi) is 10.7. The summed E-state index contributed by atoms with van der Waals surface area (Å²) < 4.78 is 12.4. The van der Waals surface area contributed by atoms with Crippen molar-refractivity contribution in [2.75, 3.05) is 24.6 Å². The van der Waals surface area contributed by atoms with Crippen LogP contribution in [0, 0.1) is 25.7 Å². The van der Waals surface area contributed by atoms with E-state index in [2.05, 4.69) is 34.4 Å². The molecule has 0 aliphatic carbocycles. The molecule has 44 heavy (non-hydrogen) atoms. The first-order valence-corrected chi connectivity index (χ1v) is 16.2. The molecule has 3 amide bonds. The number of rotatable bonds is 14. The molecule has 2 bridgehead atoms. The molecule has 0 radical (unpaired) electrons. The highest BCUT2D eigenvalue weighted by Crippen LogP contribution is 2.61. The van der Waals surface area contributed by atoms with Gasteiger partial charge in [0.2, 0.25) is 11.8 Å². The molecule has 3 saturated heterocycles. The second-order valence-electron chi connectivity index (χ2n) is 12.1. The van der Waals surface area contributed by atoms with Crippen LogP contribution >= 0.6 is 15.9 Å². The lowest BCUT2D eigenvalue weighted by Crippen LogP contribution is -2.59. The number of fused-ring (bicyclic) bond motifs is 1. The van der Waals surface area contributed by atoms with E-state index in [0.29, 0.717) is 24.9 Å². The molecule has 1 aromatic rings. The summed E-state index contributed by atoms with van der Waals surface area (Å²) in [7, 11) is 0. The Morgan fingerprint density at radius 2 is 2.02 bits per heavy atom. The number of esters is 1. The van der Waals surface area contributed by atoms with Crippen molar-refractivity contribution in [1.82, 2.24) is 10.2 Å². The Morgan fingerprint density at radius 3 is 2.66 bits per heavy atom. The molecule has 4 rings (SSSR count). The third-order valence-electron chi connectivity index (χ3n) is 9.02. The van der Waals surface area contributed by atoms with Gasteiger partial charge in [-0.25, -0.2) is 0 Å². The summed E-state index contributed by atoms with van der Waals surface area (Å²) in [6, 6.07) is 4.10. The van der Waals surface area contributed by atoms with Crippen molar-refractivity contribution in [3.63, 3.8) is 0 Å². The Labute approximate surface area is 267 Å². The van der Waals surface area contributed by atoms with Gasteiger partial charge in [0.25, 0.3) is 5.91 Å². The molecule has 3 fully saturated rings. The summed E-state index contributed by atoms with van der Waals surface area (Å²) in [5.41, 5.74) is 1.24. The zero-order chi connectivity index (χ0) is 32.3. The number of aryl methyl sites for hydroxylation is 2. The van der Waals surface area contributed by atoms with E-state index >= 15 is 0 Å². The number of amides is 3.